The molecule has 196 valence electrons. The molecule has 2 aliphatic rings. The lowest BCUT2D eigenvalue weighted by Gasteiger charge is -2.42. The van der Waals surface area contributed by atoms with Crippen LogP contribution in [0, 0.1) is 5.92 Å². The number of halogens is 2. The Morgan fingerprint density at radius 1 is 1.22 bits per heavy atom. The van der Waals surface area contributed by atoms with Gasteiger partial charge in [-0.25, -0.2) is 4.79 Å². The zero-order valence-electron chi connectivity index (χ0n) is 20.9. The number of carbonyl (C=O) groups excluding carboxylic acids is 2. The van der Waals surface area contributed by atoms with E-state index in [0.29, 0.717) is 34.6 Å². The molecule has 0 radical (unpaired) electrons. The second-order valence-electron chi connectivity index (χ2n) is 10.3. The van der Waals surface area contributed by atoms with Crippen molar-refractivity contribution in [2.45, 2.75) is 45.4 Å². The van der Waals surface area contributed by atoms with Crippen LogP contribution in [0.25, 0.3) is 10.9 Å². The summed E-state index contributed by atoms with van der Waals surface area (Å²) in [5, 5.41) is 14.2. The van der Waals surface area contributed by atoms with Crippen LogP contribution in [-0.4, -0.2) is 63.6 Å². The van der Waals surface area contributed by atoms with E-state index in [1.54, 1.807) is 36.1 Å². The summed E-state index contributed by atoms with van der Waals surface area (Å²) < 4.78 is 30.4. The molecule has 0 bridgehead atoms. The average Bonchev–Trinajstić information content (AvgIpc) is 3.27. The van der Waals surface area contributed by atoms with Crippen molar-refractivity contribution in [1.29, 1.82) is 0 Å². The Hall–Kier alpha value is -3.66. The minimum Gasteiger partial charge on any atom is -0.508 e. The van der Waals surface area contributed by atoms with Crippen LogP contribution in [0.15, 0.2) is 42.5 Å². The Kier molecular flexibility index (Phi) is 6.31. The Morgan fingerprint density at radius 3 is 2.70 bits per heavy atom. The molecule has 1 aromatic heterocycles. The fourth-order valence-electron chi connectivity index (χ4n) is 5.49. The Balaban J connectivity index is 1.61. The first-order valence-electron chi connectivity index (χ1n) is 12.3. The number of urea groups is 1. The van der Waals surface area contributed by atoms with Crippen molar-refractivity contribution in [3.05, 3.63) is 59.3 Å². The van der Waals surface area contributed by atoms with Gasteiger partial charge in [-0.3, -0.25) is 14.6 Å². The molecule has 8 nitrogen and oxygen atoms in total. The van der Waals surface area contributed by atoms with Crippen LogP contribution >= 0.6 is 0 Å². The third-order valence-corrected chi connectivity index (χ3v) is 7.11. The third kappa shape index (κ3) is 4.29. The number of carbonyl (C=O) groups is 2. The van der Waals surface area contributed by atoms with Crippen LogP contribution in [0.4, 0.5) is 13.6 Å². The van der Waals surface area contributed by atoms with E-state index in [9.17, 15) is 23.5 Å². The van der Waals surface area contributed by atoms with Crippen LogP contribution in [0.5, 0.6) is 11.5 Å². The summed E-state index contributed by atoms with van der Waals surface area (Å²) in [5.41, 5.74) is 1.53. The Bertz CT molecular complexity index is 1360. The number of phenols is 1. The van der Waals surface area contributed by atoms with Crippen molar-refractivity contribution in [2.24, 2.45) is 5.92 Å². The van der Waals surface area contributed by atoms with E-state index in [2.05, 4.69) is 28.9 Å². The summed E-state index contributed by atoms with van der Waals surface area (Å²) in [6.45, 7) is 4.40. The summed E-state index contributed by atoms with van der Waals surface area (Å²) in [6.07, 6.45) is 0.205. The van der Waals surface area contributed by atoms with Crippen molar-refractivity contribution < 1.29 is 28.2 Å². The minimum absolute atomic E-state index is 0.0115. The second kappa shape index (κ2) is 9.33. The lowest BCUT2D eigenvalue weighted by atomic mass is 9.81. The predicted octanol–water partition coefficient (Wildman–Crippen LogP) is 4.39. The van der Waals surface area contributed by atoms with Gasteiger partial charge in [-0.15, -0.1) is 0 Å². The van der Waals surface area contributed by atoms with Gasteiger partial charge in [0, 0.05) is 36.1 Å². The molecule has 2 aromatic carbocycles. The molecule has 37 heavy (non-hydrogen) atoms. The largest absolute Gasteiger partial charge is 0.508 e. The number of aromatic amines is 1. The maximum Gasteiger partial charge on any atom is 0.387 e. The lowest BCUT2D eigenvalue weighted by Crippen LogP contribution is -2.53. The highest BCUT2D eigenvalue weighted by Gasteiger charge is 2.60. The molecule has 0 saturated carbocycles. The molecule has 3 heterocycles. The van der Waals surface area contributed by atoms with Gasteiger partial charge in [-0.2, -0.15) is 8.78 Å². The molecule has 0 unspecified atom stereocenters. The fourth-order valence-corrected chi connectivity index (χ4v) is 5.49. The number of amides is 3. The monoisotopic (exact) mass is 512 g/mol. The SMILES string of the molecule is CC(C)CNCCN1C(=O)N2[C@H](c3cccc(O)c3)c3[nH]c4ccc(OC(F)F)cc4c3C[C@@]2(C)C1=O. The number of nitrogens with zero attached hydrogens (tertiary/aromatic N) is 2. The van der Waals surface area contributed by atoms with Gasteiger partial charge in [-0.05, 0) is 60.8 Å². The van der Waals surface area contributed by atoms with Crippen LogP contribution < -0.4 is 10.1 Å². The van der Waals surface area contributed by atoms with Crippen LogP contribution in [0.3, 0.4) is 0 Å². The van der Waals surface area contributed by atoms with Crippen molar-refractivity contribution in [2.75, 3.05) is 19.6 Å². The molecular weight excluding hydrogens is 482 g/mol. The summed E-state index contributed by atoms with van der Waals surface area (Å²) >= 11 is 0. The number of fused-ring (bicyclic) bond motifs is 4. The molecule has 1 saturated heterocycles. The molecule has 0 spiro atoms. The van der Waals surface area contributed by atoms with Gasteiger partial charge in [-0.1, -0.05) is 26.0 Å². The van der Waals surface area contributed by atoms with Gasteiger partial charge < -0.3 is 20.1 Å². The first-order chi connectivity index (χ1) is 17.6. The number of alkyl halides is 2. The zero-order valence-corrected chi connectivity index (χ0v) is 20.9. The van der Waals surface area contributed by atoms with E-state index in [0.717, 1.165) is 12.1 Å². The molecule has 0 aliphatic carbocycles. The van der Waals surface area contributed by atoms with Crippen molar-refractivity contribution in [3.63, 3.8) is 0 Å². The summed E-state index contributed by atoms with van der Waals surface area (Å²) in [5.74, 6) is 0.162. The molecule has 2 aliphatic heterocycles. The highest BCUT2D eigenvalue weighted by molar-refractivity contribution is 6.08. The number of nitrogens with one attached hydrogen (secondary N) is 2. The summed E-state index contributed by atoms with van der Waals surface area (Å²) in [4.78, 5) is 33.8. The molecule has 3 aromatic rings. The number of benzene rings is 2. The first kappa shape index (κ1) is 25.0. The van der Waals surface area contributed by atoms with Gasteiger partial charge in [0.25, 0.3) is 5.91 Å². The maximum absolute atomic E-state index is 13.8. The maximum atomic E-state index is 13.8. The van der Waals surface area contributed by atoms with E-state index in [4.69, 9.17) is 0 Å². The van der Waals surface area contributed by atoms with Gasteiger partial charge >= 0.3 is 12.6 Å². The minimum atomic E-state index is -2.97. The predicted molar refractivity (Wildman–Crippen MR) is 134 cm³/mol. The number of hydrogen-bond acceptors (Lipinski definition) is 5. The quantitative estimate of drug-likeness (QED) is 0.307. The van der Waals surface area contributed by atoms with Crippen LogP contribution in [0.1, 0.15) is 43.6 Å². The van der Waals surface area contributed by atoms with E-state index < -0.39 is 24.2 Å². The molecule has 5 rings (SSSR count). The fraction of sp³-hybridized carbons (Fsp3) is 0.407. The standard InChI is InChI=1S/C27H30F2N4O4/c1-15(2)14-30-9-10-32-24(35)27(3)13-20-19-12-18(37-25(28)29)7-8-21(19)31-22(20)23(33(27)26(32)36)16-5-4-6-17(34)11-16/h4-8,11-12,15,23,25,30-31,34H,9-10,13-14H2,1-3H3/t23-,27+/m1/s1. The number of aromatic hydroxyl groups is 1. The highest BCUT2D eigenvalue weighted by atomic mass is 19.3. The second-order valence-corrected chi connectivity index (χ2v) is 10.3. The number of imide groups is 1. The average molecular weight is 513 g/mol. The van der Waals surface area contributed by atoms with Crippen molar-refractivity contribution >= 4 is 22.8 Å². The number of aromatic nitrogens is 1. The van der Waals surface area contributed by atoms with Gasteiger partial charge in [0.2, 0.25) is 0 Å². The lowest BCUT2D eigenvalue weighted by molar-refractivity contribution is -0.133. The zero-order chi connectivity index (χ0) is 26.5. The van der Waals surface area contributed by atoms with Crippen molar-refractivity contribution in [3.8, 4) is 11.5 Å². The summed E-state index contributed by atoms with van der Waals surface area (Å²) in [7, 11) is 0. The van der Waals surface area contributed by atoms with Gasteiger partial charge in [0.15, 0.2) is 0 Å². The number of H-pyrrole nitrogens is 1. The number of ether oxygens (including phenoxy) is 1. The first-order valence-corrected chi connectivity index (χ1v) is 12.3. The number of rotatable bonds is 8. The summed E-state index contributed by atoms with van der Waals surface area (Å²) in [6, 6.07) is 10.1. The topological polar surface area (TPSA) is 97.9 Å². The van der Waals surface area contributed by atoms with Gasteiger partial charge in [0.1, 0.15) is 23.1 Å². The Labute approximate surface area is 213 Å². The molecule has 2 atom stereocenters. The normalized spacial score (nSPS) is 21.3. The molecular formula is C27H30F2N4O4. The number of hydrogen-bond donors (Lipinski definition) is 3. The van der Waals surface area contributed by atoms with E-state index in [1.165, 1.54) is 23.1 Å². The van der Waals surface area contributed by atoms with E-state index in [-0.39, 0.29) is 30.4 Å². The molecule has 1 fully saturated rings. The van der Waals surface area contributed by atoms with Crippen LogP contribution in [0.2, 0.25) is 0 Å². The Morgan fingerprint density at radius 2 is 2.00 bits per heavy atom. The van der Waals surface area contributed by atoms with E-state index in [1.807, 2.05) is 0 Å². The molecule has 3 amide bonds. The van der Waals surface area contributed by atoms with Crippen molar-refractivity contribution in [1.82, 2.24) is 20.1 Å². The van der Waals surface area contributed by atoms with Gasteiger partial charge in [0.05, 0.1) is 0 Å². The highest BCUT2D eigenvalue weighted by Crippen LogP contribution is 2.49. The molecule has 3 N–H and O–H groups in total. The third-order valence-electron chi connectivity index (χ3n) is 7.11. The van der Waals surface area contributed by atoms with E-state index >= 15 is 0 Å². The van der Waals surface area contributed by atoms with Crippen LogP contribution in [-0.2, 0) is 11.2 Å². The molecule has 10 heteroatoms. The number of phenolic OH excluding ortho intramolecular Hbond substituents is 1. The smallest absolute Gasteiger partial charge is 0.387 e.